The van der Waals surface area contributed by atoms with Gasteiger partial charge in [0.25, 0.3) is 5.91 Å². The first-order valence-electron chi connectivity index (χ1n) is 9.26. The molecule has 29 heavy (non-hydrogen) atoms. The van der Waals surface area contributed by atoms with Crippen LogP contribution in [0.5, 0.6) is 0 Å². The summed E-state index contributed by atoms with van der Waals surface area (Å²) in [5.41, 5.74) is 3.03. The molecule has 0 unspecified atom stereocenters. The Hall–Kier alpha value is -2.55. The Kier molecular flexibility index (Phi) is 6.03. The number of rotatable bonds is 6. The Bertz CT molecular complexity index is 959. The van der Waals surface area contributed by atoms with Crippen LogP contribution in [-0.4, -0.2) is 40.8 Å². The molecule has 4 rings (SSSR count). The lowest BCUT2D eigenvalue weighted by Gasteiger charge is -2.38. The summed E-state index contributed by atoms with van der Waals surface area (Å²) < 4.78 is 5.58. The normalized spacial score (nSPS) is 15.6. The maximum Gasteiger partial charge on any atom is 0.259 e. The molecular weight excluding hydrogens is 410 g/mol. The highest BCUT2D eigenvalue weighted by molar-refractivity contribution is 7.13. The van der Waals surface area contributed by atoms with Crippen LogP contribution in [0.3, 0.4) is 0 Å². The SMILES string of the molecule is O=C(Nc1nncs1)c1ccc(NCC2(c3ccccc3Cl)CCOCC2)nc1. The van der Waals surface area contributed by atoms with Crippen molar-refractivity contribution in [3.05, 3.63) is 64.3 Å². The number of benzene rings is 1. The Balaban J connectivity index is 1.45. The fourth-order valence-electron chi connectivity index (χ4n) is 3.48. The van der Waals surface area contributed by atoms with Crippen LogP contribution in [0, 0.1) is 0 Å². The van der Waals surface area contributed by atoms with Crippen LogP contribution in [0.1, 0.15) is 28.8 Å². The summed E-state index contributed by atoms with van der Waals surface area (Å²) in [5, 5.41) is 14.8. The number of nitrogens with one attached hydrogen (secondary N) is 2. The maximum atomic E-state index is 12.2. The highest BCUT2D eigenvalue weighted by Gasteiger charge is 2.36. The van der Waals surface area contributed by atoms with Crippen LogP contribution < -0.4 is 10.6 Å². The van der Waals surface area contributed by atoms with Crippen LogP contribution in [0.2, 0.25) is 5.02 Å². The highest BCUT2D eigenvalue weighted by atomic mass is 35.5. The zero-order valence-corrected chi connectivity index (χ0v) is 17.2. The minimum Gasteiger partial charge on any atom is -0.381 e. The summed E-state index contributed by atoms with van der Waals surface area (Å²) in [4.78, 5) is 16.6. The number of nitrogens with zero attached hydrogens (tertiary/aromatic N) is 3. The van der Waals surface area contributed by atoms with Gasteiger partial charge in [-0.3, -0.25) is 10.1 Å². The second-order valence-corrected chi connectivity index (χ2v) is 8.10. The maximum absolute atomic E-state index is 12.2. The van der Waals surface area contributed by atoms with Crippen LogP contribution in [0.25, 0.3) is 0 Å². The second kappa shape index (κ2) is 8.86. The Morgan fingerprint density at radius 2 is 2.03 bits per heavy atom. The van der Waals surface area contributed by atoms with E-state index in [1.54, 1.807) is 23.8 Å². The standard InChI is InChI=1S/C20H20ClN5O2S/c21-16-4-2-1-3-15(16)20(7-9-28-10-8-20)12-23-17-6-5-14(11-22-17)18(27)25-19-26-24-13-29-19/h1-6,11,13H,7-10,12H2,(H,22,23)(H,25,26,27). The van der Waals surface area contributed by atoms with Gasteiger partial charge in [0.1, 0.15) is 11.3 Å². The zero-order valence-electron chi connectivity index (χ0n) is 15.6. The fourth-order valence-corrected chi connectivity index (χ4v) is 4.26. The molecule has 0 saturated carbocycles. The summed E-state index contributed by atoms with van der Waals surface area (Å²) in [6, 6.07) is 11.5. The molecule has 2 aromatic heterocycles. The first-order valence-corrected chi connectivity index (χ1v) is 10.5. The van der Waals surface area contributed by atoms with Crippen LogP contribution in [0.4, 0.5) is 10.9 Å². The van der Waals surface area contributed by atoms with Gasteiger partial charge in [0, 0.05) is 36.4 Å². The van der Waals surface area contributed by atoms with Crippen molar-refractivity contribution in [1.82, 2.24) is 15.2 Å². The largest absolute Gasteiger partial charge is 0.381 e. The van der Waals surface area contributed by atoms with Crippen LogP contribution in [0.15, 0.2) is 48.1 Å². The fraction of sp³-hybridized carbons (Fsp3) is 0.300. The summed E-state index contributed by atoms with van der Waals surface area (Å²) in [6.45, 7) is 2.08. The second-order valence-electron chi connectivity index (χ2n) is 6.86. The lowest BCUT2D eigenvalue weighted by Crippen LogP contribution is -2.40. The van der Waals surface area contributed by atoms with Gasteiger partial charge < -0.3 is 10.1 Å². The number of carbonyl (C=O) groups excluding carboxylic acids is 1. The molecule has 1 saturated heterocycles. The third kappa shape index (κ3) is 4.55. The highest BCUT2D eigenvalue weighted by Crippen LogP contribution is 2.38. The van der Waals surface area contributed by atoms with Gasteiger partial charge in [-0.2, -0.15) is 0 Å². The number of anilines is 2. The topological polar surface area (TPSA) is 89.0 Å². The quantitative estimate of drug-likeness (QED) is 0.615. The van der Waals surface area contributed by atoms with Gasteiger partial charge in [0.2, 0.25) is 5.13 Å². The molecule has 0 atom stereocenters. The van der Waals surface area contributed by atoms with Gasteiger partial charge in [0.05, 0.1) is 5.56 Å². The number of halogens is 1. The smallest absolute Gasteiger partial charge is 0.259 e. The molecule has 1 amide bonds. The monoisotopic (exact) mass is 429 g/mol. The predicted molar refractivity (Wildman–Crippen MR) is 114 cm³/mol. The third-order valence-electron chi connectivity index (χ3n) is 5.11. The Morgan fingerprint density at radius 3 is 2.72 bits per heavy atom. The van der Waals surface area contributed by atoms with E-state index in [2.05, 4.69) is 31.9 Å². The number of carbonyl (C=O) groups is 1. The first kappa shape index (κ1) is 19.8. The van der Waals surface area contributed by atoms with Gasteiger partial charge >= 0.3 is 0 Å². The minimum absolute atomic E-state index is 0.119. The molecule has 7 nitrogen and oxygen atoms in total. The summed E-state index contributed by atoms with van der Waals surface area (Å²) in [7, 11) is 0. The molecule has 9 heteroatoms. The molecule has 1 fully saturated rings. The molecular formula is C20H20ClN5O2S. The number of hydrogen-bond acceptors (Lipinski definition) is 7. The van der Waals surface area contributed by atoms with E-state index in [-0.39, 0.29) is 11.3 Å². The van der Waals surface area contributed by atoms with E-state index in [1.807, 2.05) is 18.2 Å². The van der Waals surface area contributed by atoms with E-state index < -0.39 is 0 Å². The van der Waals surface area contributed by atoms with Crippen molar-refractivity contribution in [3.63, 3.8) is 0 Å². The van der Waals surface area contributed by atoms with Gasteiger partial charge in [-0.1, -0.05) is 41.1 Å². The predicted octanol–water partition coefficient (Wildman–Crippen LogP) is 4.00. The Morgan fingerprint density at radius 1 is 1.21 bits per heavy atom. The third-order valence-corrected chi connectivity index (χ3v) is 6.05. The van der Waals surface area contributed by atoms with E-state index in [4.69, 9.17) is 16.3 Å². The van der Waals surface area contributed by atoms with Crippen molar-refractivity contribution < 1.29 is 9.53 Å². The number of amides is 1. The van der Waals surface area contributed by atoms with E-state index in [0.717, 1.165) is 23.4 Å². The lowest BCUT2D eigenvalue weighted by molar-refractivity contribution is 0.0544. The average molecular weight is 430 g/mol. The van der Waals surface area contributed by atoms with E-state index in [1.165, 1.54) is 11.3 Å². The zero-order chi connectivity index (χ0) is 20.1. The minimum atomic E-state index is -0.266. The van der Waals surface area contributed by atoms with Crippen LogP contribution in [-0.2, 0) is 10.2 Å². The number of aromatic nitrogens is 3. The van der Waals surface area contributed by atoms with Gasteiger partial charge in [0.15, 0.2) is 0 Å². The first-order chi connectivity index (χ1) is 14.2. The van der Waals surface area contributed by atoms with Gasteiger partial charge in [-0.15, -0.1) is 10.2 Å². The van der Waals surface area contributed by atoms with Crippen molar-refractivity contribution in [3.8, 4) is 0 Å². The Labute approximate surface area is 177 Å². The summed E-state index contributed by atoms with van der Waals surface area (Å²) in [5.74, 6) is 0.438. The molecule has 3 aromatic rings. The van der Waals surface area contributed by atoms with E-state index in [9.17, 15) is 4.79 Å². The van der Waals surface area contributed by atoms with Crippen LogP contribution >= 0.6 is 22.9 Å². The molecule has 150 valence electrons. The summed E-state index contributed by atoms with van der Waals surface area (Å²) >= 11 is 7.77. The lowest BCUT2D eigenvalue weighted by atomic mass is 9.74. The molecule has 1 aliphatic rings. The van der Waals surface area contributed by atoms with Crippen molar-refractivity contribution in [2.24, 2.45) is 0 Å². The van der Waals surface area contributed by atoms with Crippen molar-refractivity contribution in [2.45, 2.75) is 18.3 Å². The average Bonchev–Trinajstić information content (AvgIpc) is 3.27. The molecule has 0 radical (unpaired) electrons. The number of pyridine rings is 1. The van der Waals surface area contributed by atoms with Gasteiger partial charge in [-0.05, 0) is 36.6 Å². The number of ether oxygens (including phenoxy) is 1. The molecule has 0 aliphatic carbocycles. The molecule has 0 spiro atoms. The molecule has 0 bridgehead atoms. The van der Waals surface area contributed by atoms with Crippen molar-refractivity contribution >= 4 is 39.8 Å². The summed E-state index contributed by atoms with van der Waals surface area (Å²) in [6.07, 6.45) is 3.31. The molecule has 2 N–H and O–H groups in total. The van der Waals surface area contributed by atoms with E-state index in [0.29, 0.717) is 36.3 Å². The van der Waals surface area contributed by atoms with Gasteiger partial charge in [-0.25, -0.2) is 4.98 Å². The van der Waals surface area contributed by atoms with Crippen molar-refractivity contribution in [1.29, 1.82) is 0 Å². The molecule has 1 aliphatic heterocycles. The molecule has 3 heterocycles. The number of hydrogen-bond donors (Lipinski definition) is 2. The van der Waals surface area contributed by atoms with E-state index >= 15 is 0 Å². The van der Waals surface area contributed by atoms with Crippen molar-refractivity contribution in [2.75, 3.05) is 30.4 Å². The molecule has 1 aromatic carbocycles.